The van der Waals surface area contributed by atoms with Gasteiger partial charge in [-0.25, -0.2) is 0 Å². The molecule has 1 atom stereocenters. The largest absolute Gasteiger partial charge is 0.369 e. The van der Waals surface area contributed by atoms with E-state index in [1.54, 1.807) is 6.20 Å². The fourth-order valence-electron chi connectivity index (χ4n) is 5.57. The molecule has 0 bridgehead atoms. The zero-order valence-electron chi connectivity index (χ0n) is 18.0. The first-order valence-corrected chi connectivity index (χ1v) is 11.0. The number of nitrogens with two attached hydrogens (primary N) is 1. The minimum atomic E-state index is -0.919. The molecule has 30 heavy (non-hydrogen) atoms. The van der Waals surface area contributed by atoms with Gasteiger partial charge in [0.2, 0.25) is 11.8 Å². The number of aromatic nitrogens is 1. The van der Waals surface area contributed by atoms with Crippen molar-refractivity contribution in [3.05, 3.63) is 65.0 Å². The second-order valence-corrected chi connectivity index (χ2v) is 9.16. The Labute approximate surface area is 178 Å². The summed E-state index contributed by atoms with van der Waals surface area (Å²) in [4.78, 5) is 33.0. The highest BCUT2D eigenvalue weighted by Gasteiger charge is 2.50. The molecule has 0 unspecified atom stereocenters. The van der Waals surface area contributed by atoms with Crippen LogP contribution in [0, 0.1) is 13.8 Å². The third-order valence-corrected chi connectivity index (χ3v) is 7.05. The van der Waals surface area contributed by atoms with E-state index in [2.05, 4.69) is 37.0 Å². The van der Waals surface area contributed by atoms with E-state index < -0.39 is 16.7 Å². The van der Waals surface area contributed by atoms with Crippen LogP contribution < -0.4 is 5.73 Å². The smallest absolute Gasteiger partial charge is 0.233 e. The molecule has 158 valence electrons. The summed E-state index contributed by atoms with van der Waals surface area (Å²) in [7, 11) is 0. The molecule has 0 radical (unpaired) electrons. The molecule has 1 saturated carbocycles. The van der Waals surface area contributed by atoms with Gasteiger partial charge in [-0.1, -0.05) is 48.2 Å². The third kappa shape index (κ3) is 3.40. The molecule has 1 aliphatic carbocycles. The number of primary amides is 1. The van der Waals surface area contributed by atoms with Gasteiger partial charge in [0.1, 0.15) is 5.41 Å². The van der Waals surface area contributed by atoms with Gasteiger partial charge < -0.3 is 10.6 Å². The second kappa shape index (κ2) is 7.86. The Morgan fingerprint density at radius 1 is 0.967 bits per heavy atom. The molecule has 4 rings (SSSR count). The van der Waals surface area contributed by atoms with E-state index in [-0.39, 0.29) is 5.91 Å². The van der Waals surface area contributed by atoms with Crippen LogP contribution in [0.3, 0.4) is 0 Å². The average Bonchev–Trinajstić information content (AvgIpc) is 3.24. The molecular weight excluding hydrogens is 374 g/mol. The standard InChI is InChI=1S/C25H31N3O2/c1-18-14-19(2)16-20(15-18)24(9-4-5-10-24)23(30)28-13-7-11-25(17-28,22(26)29)21-8-3-6-12-27-21/h3,6,8,12,14-16H,4-5,7,9-11,13,17H2,1-2H3,(H2,26,29)/t25-/m1/s1. The zero-order valence-corrected chi connectivity index (χ0v) is 18.0. The van der Waals surface area contributed by atoms with E-state index in [9.17, 15) is 9.59 Å². The van der Waals surface area contributed by atoms with Gasteiger partial charge in [-0.3, -0.25) is 14.6 Å². The van der Waals surface area contributed by atoms with Gasteiger partial charge in [-0.15, -0.1) is 0 Å². The lowest BCUT2D eigenvalue weighted by molar-refractivity contribution is -0.141. The summed E-state index contributed by atoms with van der Waals surface area (Å²) in [5.41, 5.74) is 8.65. The Morgan fingerprint density at radius 3 is 2.23 bits per heavy atom. The number of pyridine rings is 1. The molecule has 2 heterocycles. The van der Waals surface area contributed by atoms with Crippen LogP contribution in [-0.2, 0) is 20.4 Å². The number of likely N-dealkylation sites (tertiary alicyclic amines) is 1. The van der Waals surface area contributed by atoms with Gasteiger partial charge in [0.25, 0.3) is 0 Å². The SMILES string of the molecule is Cc1cc(C)cc(C2(C(=O)N3CCC[C@](C(N)=O)(c4ccccn4)C3)CCCC2)c1. The summed E-state index contributed by atoms with van der Waals surface area (Å²) in [6.07, 6.45) is 6.88. The van der Waals surface area contributed by atoms with Gasteiger partial charge in [0.05, 0.1) is 11.1 Å². The summed E-state index contributed by atoms with van der Waals surface area (Å²) >= 11 is 0. The van der Waals surface area contributed by atoms with Crippen LogP contribution in [0.1, 0.15) is 60.9 Å². The van der Waals surface area contributed by atoms with Crippen LogP contribution >= 0.6 is 0 Å². The van der Waals surface area contributed by atoms with Crippen LogP contribution in [0.2, 0.25) is 0 Å². The van der Waals surface area contributed by atoms with Gasteiger partial charge in [-0.05, 0) is 57.2 Å². The normalized spacial score (nSPS) is 23.3. The average molecular weight is 406 g/mol. The maximum Gasteiger partial charge on any atom is 0.233 e. The predicted molar refractivity (Wildman–Crippen MR) is 117 cm³/mol. The number of hydrogen-bond donors (Lipinski definition) is 1. The minimum Gasteiger partial charge on any atom is -0.369 e. The van der Waals surface area contributed by atoms with Crippen LogP contribution in [0.4, 0.5) is 0 Å². The Bertz CT molecular complexity index is 930. The highest BCUT2D eigenvalue weighted by atomic mass is 16.2. The van der Waals surface area contributed by atoms with Crippen molar-refractivity contribution in [1.82, 2.24) is 9.88 Å². The Hall–Kier alpha value is -2.69. The zero-order chi connectivity index (χ0) is 21.4. The topological polar surface area (TPSA) is 76.3 Å². The van der Waals surface area contributed by atoms with Crippen molar-refractivity contribution in [2.45, 2.75) is 63.2 Å². The number of benzene rings is 1. The molecule has 5 heteroatoms. The maximum absolute atomic E-state index is 14.0. The van der Waals surface area contributed by atoms with Crippen LogP contribution in [0.15, 0.2) is 42.6 Å². The van der Waals surface area contributed by atoms with Gasteiger partial charge in [-0.2, -0.15) is 0 Å². The molecular formula is C25H31N3O2. The first kappa shape index (κ1) is 20.6. The van der Waals surface area contributed by atoms with Crippen molar-refractivity contribution in [3.8, 4) is 0 Å². The first-order valence-electron chi connectivity index (χ1n) is 11.0. The van der Waals surface area contributed by atoms with Crippen molar-refractivity contribution >= 4 is 11.8 Å². The molecule has 1 aromatic carbocycles. The van der Waals surface area contributed by atoms with Crippen molar-refractivity contribution < 1.29 is 9.59 Å². The van der Waals surface area contributed by atoms with E-state index in [0.717, 1.165) is 37.7 Å². The van der Waals surface area contributed by atoms with Gasteiger partial charge in [0, 0.05) is 19.3 Å². The van der Waals surface area contributed by atoms with E-state index in [1.165, 1.54) is 11.1 Å². The number of amides is 2. The van der Waals surface area contributed by atoms with E-state index in [1.807, 2.05) is 23.1 Å². The Morgan fingerprint density at radius 2 is 1.63 bits per heavy atom. The molecule has 2 aliphatic rings. The fourth-order valence-corrected chi connectivity index (χ4v) is 5.57. The van der Waals surface area contributed by atoms with Crippen molar-refractivity contribution in [1.29, 1.82) is 0 Å². The number of carbonyl (C=O) groups is 2. The molecule has 1 aliphatic heterocycles. The lowest BCUT2D eigenvalue weighted by Crippen LogP contribution is -2.58. The number of nitrogens with zero attached hydrogens (tertiary/aromatic N) is 2. The van der Waals surface area contributed by atoms with E-state index in [4.69, 9.17) is 5.73 Å². The number of piperidine rings is 1. The summed E-state index contributed by atoms with van der Waals surface area (Å²) in [5, 5.41) is 0. The highest BCUT2D eigenvalue weighted by Crippen LogP contribution is 2.45. The Kier molecular flexibility index (Phi) is 5.39. The monoisotopic (exact) mass is 405 g/mol. The van der Waals surface area contributed by atoms with Crippen molar-refractivity contribution in [2.24, 2.45) is 5.73 Å². The molecule has 2 aromatic rings. The van der Waals surface area contributed by atoms with Crippen molar-refractivity contribution in [2.75, 3.05) is 13.1 Å². The highest BCUT2D eigenvalue weighted by molar-refractivity contribution is 5.91. The number of carbonyl (C=O) groups excluding carboxylic acids is 2. The summed E-state index contributed by atoms with van der Waals surface area (Å²) < 4.78 is 0. The van der Waals surface area contributed by atoms with Crippen LogP contribution in [-0.4, -0.2) is 34.8 Å². The molecule has 1 saturated heterocycles. The predicted octanol–water partition coefficient (Wildman–Crippen LogP) is 3.56. The third-order valence-electron chi connectivity index (χ3n) is 7.05. The summed E-state index contributed by atoms with van der Waals surface area (Å²) in [6.45, 7) is 5.14. The second-order valence-electron chi connectivity index (χ2n) is 9.16. The van der Waals surface area contributed by atoms with Crippen molar-refractivity contribution in [3.63, 3.8) is 0 Å². The molecule has 1 aromatic heterocycles. The molecule has 2 fully saturated rings. The molecule has 2 amide bonds. The maximum atomic E-state index is 14.0. The van der Waals surface area contributed by atoms with Crippen LogP contribution in [0.5, 0.6) is 0 Å². The lowest BCUT2D eigenvalue weighted by Gasteiger charge is -2.44. The molecule has 0 spiro atoms. The van der Waals surface area contributed by atoms with Gasteiger partial charge in [0.15, 0.2) is 0 Å². The minimum absolute atomic E-state index is 0.145. The fraction of sp³-hybridized carbons (Fsp3) is 0.480. The van der Waals surface area contributed by atoms with Crippen LogP contribution in [0.25, 0.3) is 0 Å². The summed E-state index contributed by atoms with van der Waals surface area (Å²) in [6, 6.07) is 12.0. The van der Waals surface area contributed by atoms with Gasteiger partial charge >= 0.3 is 0 Å². The quantitative estimate of drug-likeness (QED) is 0.845. The number of aryl methyl sites for hydroxylation is 2. The molecule has 5 nitrogen and oxygen atoms in total. The number of hydrogen-bond acceptors (Lipinski definition) is 3. The number of rotatable bonds is 4. The van der Waals surface area contributed by atoms with E-state index >= 15 is 0 Å². The first-order chi connectivity index (χ1) is 14.4. The van der Waals surface area contributed by atoms with E-state index in [0.29, 0.717) is 25.2 Å². The lowest BCUT2D eigenvalue weighted by atomic mass is 9.73. The summed E-state index contributed by atoms with van der Waals surface area (Å²) in [5.74, 6) is -0.253. The Balaban J connectivity index is 1.71. The molecule has 2 N–H and O–H groups in total.